The minimum absolute atomic E-state index is 0.798. The van der Waals surface area contributed by atoms with Gasteiger partial charge in [0.1, 0.15) is 0 Å². The van der Waals surface area contributed by atoms with Crippen LogP contribution in [0.2, 0.25) is 0 Å². The summed E-state index contributed by atoms with van der Waals surface area (Å²) in [5, 5.41) is 0. The maximum Gasteiger partial charge on any atom is 0.0136 e. The Bertz CT molecular complexity index is 281. The predicted molar refractivity (Wildman–Crippen MR) is 65.0 cm³/mol. The Morgan fingerprint density at radius 1 is 1.27 bits per heavy atom. The van der Waals surface area contributed by atoms with Crippen molar-refractivity contribution in [1.82, 2.24) is 4.90 Å². The number of rotatable bonds is 4. The van der Waals surface area contributed by atoms with Crippen molar-refractivity contribution in [2.45, 2.75) is 38.6 Å². The van der Waals surface area contributed by atoms with Crippen LogP contribution in [-0.2, 0) is 6.42 Å². The molecule has 0 saturated carbocycles. The van der Waals surface area contributed by atoms with E-state index in [0.29, 0.717) is 0 Å². The molecular weight excluding hydrogens is 182 g/mol. The summed E-state index contributed by atoms with van der Waals surface area (Å²) in [6.45, 7) is 4.86. The third-order valence-corrected chi connectivity index (χ3v) is 3.32. The van der Waals surface area contributed by atoms with E-state index in [0.717, 1.165) is 6.04 Å². The molecule has 2 rings (SSSR count). The van der Waals surface area contributed by atoms with Crippen molar-refractivity contribution in [3.05, 3.63) is 35.9 Å². The maximum absolute atomic E-state index is 2.66. The summed E-state index contributed by atoms with van der Waals surface area (Å²) >= 11 is 0. The van der Waals surface area contributed by atoms with E-state index in [1.165, 1.54) is 44.3 Å². The summed E-state index contributed by atoms with van der Waals surface area (Å²) in [5.41, 5.74) is 1.49. The second kappa shape index (κ2) is 5.32. The van der Waals surface area contributed by atoms with E-state index in [1.807, 2.05) is 0 Å². The van der Waals surface area contributed by atoms with Gasteiger partial charge in [0, 0.05) is 6.04 Å². The van der Waals surface area contributed by atoms with Gasteiger partial charge in [0.05, 0.1) is 0 Å². The van der Waals surface area contributed by atoms with Gasteiger partial charge in [-0.15, -0.1) is 0 Å². The average Bonchev–Trinajstić information content (AvgIpc) is 2.68. The standard InChI is InChI=1S/C14H21N/c1-2-10-15-11-6-9-14(15)12-13-7-4-3-5-8-13/h3-5,7-8,14H,2,6,9-12H2,1H3. The Morgan fingerprint density at radius 2 is 2.07 bits per heavy atom. The minimum atomic E-state index is 0.798. The topological polar surface area (TPSA) is 3.24 Å². The molecule has 1 nitrogen and oxygen atoms in total. The monoisotopic (exact) mass is 203 g/mol. The quantitative estimate of drug-likeness (QED) is 0.727. The molecular formula is C14H21N. The molecule has 1 atom stereocenters. The first-order chi connectivity index (χ1) is 7.40. The van der Waals surface area contributed by atoms with E-state index in [2.05, 4.69) is 42.2 Å². The Morgan fingerprint density at radius 3 is 2.80 bits per heavy atom. The molecule has 0 N–H and O–H groups in total. The molecule has 0 bridgehead atoms. The smallest absolute Gasteiger partial charge is 0.0136 e. The second-order valence-corrected chi connectivity index (χ2v) is 4.52. The molecule has 1 unspecified atom stereocenters. The normalized spacial score (nSPS) is 22.1. The van der Waals surface area contributed by atoms with Crippen molar-refractivity contribution >= 4 is 0 Å². The number of hydrogen-bond donors (Lipinski definition) is 0. The third-order valence-electron chi connectivity index (χ3n) is 3.32. The summed E-state index contributed by atoms with van der Waals surface area (Å²) in [5.74, 6) is 0. The van der Waals surface area contributed by atoms with Gasteiger partial charge in [-0.05, 0) is 44.3 Å². The number of nitrogens with zero attached hydrogens (tertiary/aromatic N) is 1. The summed E-state index contributed by atoms with van der Waals surface area (Å²) in [4.78, 5) is 2.66. The van der Waals surface area contributed by atoms with Crippen LogP contribution in [-0.4, -0.2) is 24.0 Å². The van der Waals surface area contributed by atoms with E-state index < -0.39 is 0 Å². The molecule has 82 valence electrons. The molecule has 1 saturated heterocycles. The van der Waals surface area contributed by atoms with Crippen molar-refractivity contribution in [1.29, 1.82) is 0 Å². The van der Waals surface area contributed by atoms with E-state index in [1.54, 1.807) is 0 Å². The Balaban J connectivity index is 1.93. The lowest BCUT2D eigenvalue weighted by Crippen LogP contribution is -2.31. The van der Waals surface area contributed by atoms with E-state index in [4.69, 9.17) is 0 Å². The maximum atomic E-state index is 2.66. The fraction of sp³-hybridized carbons (Fsp3) is 0.571. The highest BCUT2D eigenvalue weighted by atomic mass is 15.2. The summed E-state index contributed by atoms with van der Waals surface area (Å²) in [7, 11) is 0. The van der Waals surface area contributed by atoms with Gasteiger partial charge in [0.15, 0.2) is 0 Å². The van der Waals surface area contributed by atoms with Crippen LogP contribution >= 0.6 is 0 Å². The molecule has 0 amide bonds. The third kappa shape index (κ3) is 2.82. The summed E-state index contributed by atoms with van der Waals surface area (Å²) < 4.78 is 0. The van der Waals surface area contributed by atoms with Crippen LogP contribution in [0.5, 0.6) is 0 Å². The molecule has 0 spiro atoms. The Hall–Kier alpha value is -0.820. The lowest BCUT2D eigenvalue weighted by molar-refractivity contribution is 0.253. The predicted octanol–water partition coefficient (Wildman–Crippen LogP) is 3.10. The molecule has 1 aromatic carbocycles. The fourth-order valence-electron chi connectivity index (χ4n) is 2.59. The molecule has 1 heteroatoms. The molecule has 0 aromatic heterocycles. The number of likely N-dealkylation sites (tertiary alicyclic amines) is 1. The van der Waals surface area contributed by atoms with Crippen LogP contribution in [0.25, 0.3) is 0 Å². The van der Waals surface area contributed by atoms with Crippen LogP contribution in [0.1, 0.15) is 31.7 Å². The fourth-order valence-corrected chi connectivity index (χ4v) is 2.59. The van der Waals surface area contributed by atoms with Gasteiger partial charge >= 0.3 is 0 Å². The van der Waals surface area contributed by atoms with Crippen LogP contribution in [0.4, 0.5) is 0 Å². The summed E-state index contributed by atoms with van der Waals surface area (Å²) in [6.07, 6.45) is 5.29. The van der Waals surface area contributed by atoms with Crippen molar-refractivity contribution in [2.75, 3.05) is 13.1 Å². The van der Waals surface area contributed by atoms with Gasteiger partial charge in [-0.3, -0.25) is 0 Å². The first-order valence-corrected chi connectivity index (χ1v) is 6.18. The first-order valence-electron chi connectivity index (χ1n) is 6.18. The molecule has 1 fully saturated rings. The van der Waals surface area contributed by atoms with Gasteiger partial charge in [0.25, 0.3) is 0 Å². The van der Waals surface area contributed by atoms with Gasteiger partial charge in [-0.1, -0.05) is 37.3 Å². The largest absolute Gasteiger partial charge is 0.300 e. The van der Waals surface area contributed by atoms with Crippen LogP contribution in [0.15, 0.2) is 30.3 Å². The Labute approximate surface area is 93.1 Å². The number of benzene rings is 1. The first kappa shape index (κ1) is 10.7. The molecule has 1 aliphatic rings. The highest BCUT2D eigenvalue weighted by Gasteiger charge is 2.23. The highest BCUT2D eigenvalue weighted by Crippen LogP contribution is 2.20. The number of hydrogen-bond acceptors (Lipinski definition) is 1. The van der Waals surface area contributed by atoms with Crippen molar-refractivity contribution in [3.63, 3.8) is 0 Å². The van der Waals surface area contributed by atoms with Gasteiger partial charge in [-0.25, -0.2) is 0 Å². The van der Waals surface area contributed by atoms with Crippen LogP contribution < -0.4 is 0 Å². The second-order valence-electron chi connectivity index (χ2n) is 4.52. The van der Waals surface area contributed by atoms with E-state index in [-0.39, 0.29) is 0 Å². The van der Waals surface area contributed by atoms with Crippen LogP contribution in [0.3, 0.4) is 0 Å². The average molecular weight is 203 g/mol. The zero-order chi connectivity index (χ0) is 10.5. The molecule has 1 aliphatic heterocycles. The lowest BCUT2D eigenvalue weighted by atomic mass is 10.0. The molecule has 1 aromatic rings. The molecule has 1 heterocycles. The zero-order valence-corrected chi connectivity index (χ0v) is 9.65. The van der Waals surface area contributed by atoms with Crippen LogP contribution in [0, 0.1) is 0 Å². The Kier molecular flexibility index (Phi) is 3.79. The van der Waals surface area contributed by atoms with E-state index >= 15 is 0 Å². The minimum Gasteiger partial charge on any atom is -0.300 e. The lowest BCUT2D eigenvalue weighted by Gasteiger charge is -2.23. The van der Waals surface area contributed by atoms with Gasteiger partial charge < -0.3 is 4.90 Å². The van der Waals surface area contributed by atoms with Crippen molar-refractivity contribution < 1.29 is 0 Å². The molecule has 0 aliphatic carbocycles. The highest BCUT2D eigenvalue weighted by molar-refractivity contribution is 5.16. The zero-order valence-electron chi connectivity index (χ0n) is 9.65. The van der Waals surface area contributed by atoms with Crippen molar-refractivity contribution in [3.8, 4) is 0 Å². The van der Waals surface area contributed by atoms with E-state index in [9.17, 15) is 0 Å². The van der Waals surface area contributed by atoms with Crippen molar-refractivity contribution in [2.24, 2.45) is 0 Å². The van der Waals surface area contributed by atoms with Gasteiger partial charge in [-0.2, -0.15) is 0 Å². The SMILES string of the molecule is CCCN1CCCC1Cc1ccccc1. The summed E-state index contributed by atoms with van der Waals surface area (Å²) in [6, 6.07) is 11.7. The molecule has 15 heavy (non-hydrogen) atoms. The van der Waals surface area contributed by atoms with Gasteiger partial charge in [0.2, 0.25) is 0 Å². The molecule has 0 radical (unpaired) electrons.